The first-order valence-corrected chi connectivity index (χ1v) is 45.6. The number of likely N-dealkylation sites (N-methyl/N-ethyl adjacent to an activating group) is 4. The highest BCUT2D eigenvalue weighted by molar-refractivity contribution is 8.00. The number of hydrogen-bond donors (Lipinski definition) is 20. The average Bonchev–Trinajstić information content (AvgIpc) is 1.81. The maximum absolute atomic E-state index is 15.7. The molecule has 0 aliphatic carbocycles. The molecule has 17 amide bonds. The number of H-pyrrole nitrogens is 3. The molecule has 24 N–H and O–H groups in total. The number of hydrogen-bond acceptors (Lipinski definition) is 22. The maximum atomic E-state index is 15.7. The Morgan fingerprint density at radius 3 is 1.68 bits per heavy atom. The number of nitrogens with one attached hydrogen (secondary N) is 15. The first kappa shape index (κ1) is 105. The molecule has 5 heterocycles. The van der Waals surface area contributed by atoms with Crippen LogP contribution in [0.1, 0.15) is 134 Å². The molecule has 0 saturated carbocycles. The summed E-state index contributed by atoms with van der Waals surface area (Å²) in [6, 6.07) is 0.577. The van der Waals surface area contributed by atoms with Crippen molar-refractivity contribution in [3.8, 4) is 0 Å². The van der Waals surface area contributed by atoms with E-state index in [1.165, 1.54) is 47.6 Å². The first-order chi connectivity index (χ1) is 63.3. The van der Waals surface area contributed by atoms with Crippen molar-refractivity contribution in [2.75, 3.05) is 78.2 Å². The Kier molecular flexibility index (Phi) is 39.9. The number of unbranched alkanes of at least 4 members (excludes halogenated alkanes) is 2. The molecular formula is C89H127N25O18S. The van der Waals surface area contributed by atoms with Crippen LogP contribution in [0.25, 0.3) is 21.8 Å². The number of aromatic nitrogens is 4. The zero-order chi connectivity index (χ0) is 97.4. The van der Waals surface area contributed by atoms with Crippen LogP contribution in [0.5, 0.6) is 0 Å². The molecule has 44 heteroatoms. The van der Waals surface area contributed by atoms with Crippen molar-refractivity contribution in [2.24, 2.45) is 23.1 Å². The third kappa shape index (κ3) is 30.4. The predicted molar refractivity (Wildman–Crippen MR) is 494 cm³/mol. The van der Waals surface area contributed by atoms with Crippen molar-refractivity contribution in [3.05, 3.63) is 120 Å². The van der Waals surface area contributed by atoms with Crippen molar-refractivity contribution < 1.29 is 86.6 Å². The number of guanidine groups is 1. The van der Waals surface area contributed by atoms with Gasteiger partial charge in [0, 0.05) is 124 Å². The molecule has 2 aliphatic rings. The van der Waals surface area contributed by atoms with E-state index in [1.807, 2.05) is 13.8 Å². The van der Waals surface area contributed by atoms with Gasteiger partial charge in [-0.15, -0.1) is 11.8 Å². The van der Waals surface area contributed by atoms with Crippen LogP contribution in [0, 0.1) is 11.3 Å². The Morgan fingerprint density at radius 1 is 0.549 bits per heavy atom. The third-order valence-corrected chi connectivity index (χ3v) is 24.3. The van der Waals surface area contributed by atoms with Crippen LogP contribution in [-0.2, 0) is 107 Å². The lowest BCUT2D eigenvalue weighted by Gasteiger charge is -2.36. The minimum atomic E-state index is -1.85. The van der Waals surface area contributed by atoms with Crippen molar-refractivity contribution >= 4 is 146 Å². The number of carbonyl (C=O) groups is 17. The fraction of sp³-hybridized carbons (Fsp3) is 0.517. The summed E-state index contributed by atoms with van der Waals surface area (Å²) in [7, 11) is 5.23. The quantitative estimate of drug-likeness (QED) is 0.0115. The molecule has 8 rings (SSSR count). The number of nitrogens with zero attached hydrogens (tertiary/aromatic N) is 6. The number of aliphatic hydroxyl groups excluding tert-OH is 1. The van der Waals surface area contributed by atoms with Crippen LogP contribution in [0.2, 0.25) is 0 Å². The van der Waals surface area contributed by atoms with Crippen molar-refractivity contribution in [1.82, 2.24) is 103 Å². The number of imidazole rings is 1. The number of amides is 17. The summed E-state index contributed by atoms with van der Waals surface area (Å²) in [4.78, 5) is 267. The second-order valence-corrected chi connectivity index (χ2v) is 34.9. The fourth-order valence-electron chi connectivity index (χ4n) is 15.8. The van der Waals surface area contributed by atoms with Gasteiger partial charge in [0.2, 0.25) is 100 Å². The van der Waals surface area contributed by atoms with E-state index in [4.69, 9.17) is 28.3 Å². The zero-order valence-electron chi connectivity index (χ0n) is 76.4. The van der Waals surface area contributed by atoms with Gasteiger partial charge in [-0.25, -0.2) is 4.98 Å². The van der Waals surface area contributed by atoms with Gasteiger partial charge in [-0.2, -0.15) is 0 Å². The number of nitrogen functional groups attached to an aromatic ring is 1. The van der Waals surface area contributed by atoms with Crippen molar-refractivity contribution in [1.29, 1.82) is 5.41 Å². The second kappa shape index (κ2) is 50.6. The van der Waals surface area contributed by atoms with E-state index < -0.39 is 223 Å². The molecule has 0 unspecified atom stereocenters. The van der Waals surface area contributed by atoms with Crippen LogP contribution in [-0.4, -0.2) is 307 Å². The van der Waals surface area contributed by atoms with Gasteiger partial charge in [0.1, 0.15) is 78.5 Å². The predicted octanol–water partition coefficient (Wildman–Crippen LogP) is -2.56. The summed E-state index contributed by atoms with van der Waals surface area (Å²) in [5.41, 5.74) is 26.3. The van der Waals surface area contributed by atoms with Crippen molar-refractivity contribution in [2.45, 2.75) is 216 Å². The van der Waals surface area contributed by atoms with Crippen molar-refractivity contribution in [3.63, 3.8) is 0 Å². The minimum Gasteiger partial charge on any atom is -0.399 e. The molecule has 6 aromatic rings. The van der Waals surface area contributed by atoms with Gasteiger partial charge in [-0.3, -0.25) is 86.9 Å². The van der Waals surface area contributed by atoms with E-state index in [0.717, 1.165) is 36.3 Å². The van der Waals surface area contributed by atoms with E-state index in [0.29, 0.717) is 75.6 Å². The number of aliphatic hydroxyl groups is 1. The Labute approximate surface area is 774 Å². The van der Waals surface area contributed by atoms with E-state index in [-0.39, 0.29) is 89.6 Å². The fourth-order valence-corrected chi connectivity index (χ4v) is 16.7. The highest BCUT2D eigenvalue weighted by atomic mass is 32.2. The maximum Gasteiger partial charge on any atom is 0.246 e. The number of anilines is 1. The zero-order valence-corrected chi connectivity index (χ0v) is 77.2. The number of rotatable bonds is 26. The smallest absolute Gasteiger partial charge is 0.246 e. The molecule has 133 heavy (non-hydrogen) atoms. The normalized spacial score (nSPS) is 23.4. The summed E-state index contributed by atoms with van der Waals surface area (Å²) >= 11 is 0.780. The summed E-state index contributed by atoms with van der Waals surface area (Å²) < 4.78 is 0. The summed E-state index contributed by atoms with van der Waals surface area (Å²) in [6.07, 6.45) is 5.86. The molecule has 3 aromatic heterocycles. The Balaban J connectivity index is 1.18. The first-order valence-electron chi connectivity index (χ1n) is 44.4. The second-order valence-electron chi connectivity index (χ2n) is 33.9. The van der Waals surface area contributed by atoms with E-state index in [2.05, 4.69) is 78.4 Å². The number of nitrogens with two attached hydrogens (primary N) is 4. The monoisotopic (exact) mass is 1870 g/mol. The third-order valence-electron chi connectivity index (χ3n) is 23.3. The highest BCUT2D eigenvalue weighted by Gasteiger charge is 2.44. The minimum absolute atomic E-state index is 0.00275. The van der Waals surface area contributed by atoms with E-state index >= 15 is 24.0 Å². The highest BCUT2D eigenvalue weighted by Crippen LogP contribution is 2.26. The molecule has 43 nitrogen and oxygen atoms in total. The summed E-state index contributed by atoms with van der Waals surface area (Å²) in [5, 5.41) is 49.4. The Hall–Kier alpha value is -13.7. The molecule has 2 fully saturated rings. The molecular weight excluding hydrogens is 1740 g/mol. The van der Waals surface area contributed by atoms with E-state index in [1.54, 1.807) is 99.0 Å². The number of para-hydroxylation sites is 2. The Bertz CT molecular complexity index is 5110. The molecule has 2 aliphatic heterocycles. The van der Waals surface area contributed by atoms with Crippen LogP contribution in [0.4, 0.5) is 5.69 Å². The number of benzene rings is 3. The largest absolute Gasteiger partial charge is 0.399 e. The average molecular weight is 1870 g/mol. The van der Waals surface area contributed by atoms with Crippen LogP contribution in [0.3, 0.4) is 0 Å². The lowest BCUT2D eigenvalue weighted by molar-refractivity contribution is -0.149. The van der Waals surface area contributed by atoms with Gasteiger partial charge >= 0.3 is 0 Å². The van der Waals surface area contributed by atoms with E-state index in [9.17, 15) is 62.6 Å². The van der Waals surface area contributed by atoms with Crippen LogP contribution >= 0.6 is 11.8 Å². The lowest BCUT2D eigenvalue weighted by atomic mass is 10.00. The molecule has 722 valence electrons. The number of primary amides is 2. The van der Waals surface area contributed by atoms with Gasteiger partial charge in [0.15, 0.2) is 5.96 Å². The van der Waals surface area contributed by atoms with Gasteiger partial charge < -0.3 is 126 Å². The molecule has 0 bridgehead atoms. The Morgan fingerprint density at radius 2 is 1.09 bits per heavy atom. The summed E-state index contributed by atoms with van der Waals surface area (Å²) in [6.45, 7) is 5.87. The van der Waals surface area contributed by atoms with Crippen LogP contribution < -0.4 is 81.4 Å². The van der Waals surface area contributed by atoms with Gasteiger partial charge in [0.05, 0.1) is 38.2 Å². The molecule has 13 atom stereocenters. The van der Waals surface area contributed by atoms with Gasteiger partial charge in [-0.1, -0.05) is 102 Å². The standard InChI is InChI=1S/C89H127N25O18S/c1-10-12-25-69-82(126)103-60(24-18-32-96-89(93)94)78(122)109-68(77(121)99-43-73(92)117)46-133-47-75(119)102-64(35-51-28-30-54(90)31-29-51)85(129)111(7)50(5)76(120)105-66(39-72(91)116)87(131)114-33-19-27-70(114)83(127)104-62(38-55-42-95-48-100-55)80(124)106-63(34-49(3)4)84(128)110(6)44-74(118)101-61(36-52-40-97-58-22-16-14-20-56(52)58)79(123)108-67(45-115)81(125)107-65(37-53-41-98-59-23-17-15-21-57(53)59)86(130)113(9)71(26-13-11-2)88(132)112(69)8/h14-17,20-23,28-31,40-42,48-50,60-71,97-98,115H,10-13,18-19,24-27,32-39,43-47,90H2,1-9H3,(H2,91,116)(H2,92,117)(H,95,100)(H,99,121)(H,101,118)(H,102,119)(H,103,126)(H,104,127)(H,105,120)(H,106,124)(H,107,125)(H,108,123)(H,109,122)(H4,93,94,96)/t50-,60-,61-,62-,63-,64-,65-,66-,67-,68-,69-,70-,71-/m0/s1. The number of carbonyl (C=O) groups excluding carboxylic acids is 17. The molecule has 0 spiro atoms. The molecule has 0 radical (unpaired) electrons. The lowest BCUT2D eigenvalue weighted by Crippen LogP contribution is -2.61. The van der Waals surface area contributed by atoms with Crippen LogP contribution in [0.15, 0.2) is 97.7 Å². The SMILES string of the molecule is CCCC[C@H]1C(=O)N(C)[C@@H](CCCC)C(=O)N[C@@H](CCCNC(=N)N)C(=O)N[C@H](C(=O)NCC(N)=O)CSCC(=O)N[C@@H](Cc2ccc(N)cc2)C(=O)N(C)[C@@H](C)C(=O)N[C@@H](CC(N)=O)C(=O)N2CCC[C@H]2C(=O)N[C@@H](Cc2cnc[nH]2)C(=O)N[C@@H](CC(C)C)C(=O)N(C)CC(=O)N[C@@H](Cc2c[nH]c3ccccc23)C(=O)N[C@@H](CO)C(=O)N[C@@H](Cc2c[nH]c3ccccc23)C(=O)N1C. The number of aromatic amines is 3. The molecule has 2 saturated heterocycles. The number of thioether (sulfide) groups is 1. The topological polar surface area (TPSA) is 647 Å². The van der Waals surface area contributed by atoms with Gasteiger partial charge in [0.25, 0.3) is 0 Å². The summed E-state index contributed by atoms with van der Waals surface area (Å²) in [5.74, 6) is -17.3. The van der Waals surface area contributed by atoms with Gasteiger partial charge in [-0.05, 0) is 98.7 Å². The molecule has 3 aromatic carbocycles. The number of fused-ring (bicyclic) bond motifs is 3.